The van der Waals surface area contributed by atoms with Gasteiger partial charge in [-0.2, -0.15) is 0 Å². The number of hydrogen-bond donors (Lipinski definition) is 1. The normalized spacial score (nSPS) is 20.5. The maximum absolute atomic E-state index is 13.9. The molecule has 1 aliphatic heterocycles. The van der Waals surface area contributed by atoms with Gasteiger partial charge in [0.25, 0.3) is 0 Å². The van der Waals surface area contributed by atoms with Crippen molar-refractivity contribution in [1.29, 1.82) is 0 Å². The second-order valence-electron chi connectivity index (χ2n) is 6.37. The Morgan fingerprint density at radius 3 is 2.50 bits per heavy atom. The lowest BCUT2D eigenvalue weighted by atomic mass is 9.77. The fourth-order valence-electron chi connectivity index (χ4n) is 2.14. The van der Waals surface area contributed by atoms with Crippen LogP contribution in [0.5, 0.6) is 0 Å². The van der Waals surface area contributed by atoms with Crippen molar-refractivity contribution in [3.8, 4) is 0 Å². The van der Waals surface area contributed by atoms with E-state index < -0.39 is 24.1 Å². The second-order valence-corrected chi connectivity index (χ2v) is 6.75. The largest absolute Gasteiger partial charge is 0.491 e. The zero-order valence-electron chi connectivity index (χ0n) is 13.5. The molecule has 1 aliphatic rings. The van der Waals surface area contributed by atoms with Gasteiger partial charge in [-0.15, -0.1) is 0 Å². The smallest absolute Gasteiger partial charge is 0.400 e. The van der Waals surface area contributed by atoms with Crippen molar-refractivity contribution in [1.82, 2.24) is 10.3 Å². The summed E-state index contributed by atoms with van der Waals surface area (Å²) >= 11 is 5.84. The van der Waals surface area contributed by atoms with E-state index in [4.69, 9.17) is 20.9 Å². The fraction of sp³-hybridized carbons (Fsp3) is 0.533. The predicted octanol–water partition coefficient (Wildman–Crippen LogP) is 3.11. The average Bonchev–Trinajstić information content (AvgIpc) is 2.62. The molecule has 0 aliphatic carbocycles. The third-order valence-corrected chi connectivity index (χ3v) is 4.34. The summed E-state index contributed by atoms with van der Waals surface area (Å²) in [6.07, 6.45) is 2.80. The molecule has 1 N–H and O–H groups in total. The summed E-state index contributed by atoms with van der Waals surface area (Å²) in [5.74, 6) is -0.436. The van der Waals surface area contributed by atoms with E-state index >= 15 is 0 Å². The number of pyridine rings is 1. The molecule has 2 heterocycles. The van der Waals surface area contributed by atoms with E-state index in [1.807, 2.05) is 34.7 Å². The van der Waals surface area contributed by atoms with Crippen molar-refractivity contribution in [2.75, 3.05) is 13.6 Å². The maximum Gasteiger partial charge on any atom is 0.491 e. The summed E-state index contributed by atoms with van der Waals surface area (Å²) in [5, 5.41) is 3.30. The van der Waals surface area contributed by atoms with Gasteiger partial charge in [-0.25, -0.2) is 9.37 Å². The van der Waals surface area contributed by atoms with Crippen molar-refractivity contribution in [3.05, 3.63) is 34.3 Å². The van der Waals surface area contributed by atoms with Crippen molar-refractivity contribution >= 4 is 24.8 Å². The van der Waals surface area contributed by atoms with E-state index in [1.165, 1.54) is 6.07 Å². The minimum atomic E-state index is -0.538. The van der Waals surface area contributed by atoms with Gasteiger partial charge in [0.15, 0.2) is 0 Å². The topological polar surface area (TPSA) is 43.4 Å². The molecule has 0 spiro atoms. The van der Waals surface area contributed by atoms with Crippen LogP contribution in [0.25, 0.3) is 6.08 Å². The Bertz CT molecular complexity index is 577. The Balaban J connectivity index is 2.35. The summed E-state index contributed by atoms with van der Waals surface area (Å²) in [4.78, 5) is 3.72. The SMILES string of the molecule is CNCC(=Cc1cc(Cl)ncc1F)B1OC(C)(C)C(C)(C)O1. The fourth-order valence-corrected chi connectivity index (χ4v) is 2.31. The van der Waals surface area contributed by atoms with E-state index in [9.17, 15) is 4.39 Å². The average molecular weight is 327 g/mol. The Morgan fingerprint density at radius 2 is 1.95 bits per heavy atom. The molecule has 1 fully saturated rings. The number of nitrogens with zero attached hydrogens (tertiary/aromatic N) is 1. The Hall–Kier alpha value is -0.945. The van der Waals surface area contributed by atoms with Crippen LogP contribution in [0.4, 0.5) is 4.39 Å². The van der Waals surface area contributed by atoms with Gasteiger partial charge in [0.05, 0.1) is 17.4 Å². The molecule has 0 amide bonds. The third kappa shape index (κ3) is 3.51. The molecular weight excluding hydrogens is 305 g/mol. The minimum Gasteiger partial charge on any atom is -0.400 e. The molecule has 0 radical (unpaired) electrons. The van der Waals surface area contributed by atoms with Crippen LogP contribution in [0, 0.1) is 5.82 Å². The molecule has 0 atom stereocenters. The van der Waals surface area contributed by atoms with Crippen LogP contribution in [0.1, 0.15) is 33.3 Å². The Labute approximate surface area is 136 Å². The monoisotopic (exact) mass is 326 g/mol. The first-order valence-electron chi connectivity index (χ1n) is 7.18. The molecule has 2 rings (SSSR count). The van der Waals surface area contributed by atoms with E-state index in [2.05, 4.69) is 10.3 Å². The number of hydrogen-bond acceptors (Lipinski definition) is 4. The highest BCUT2D eigenvalue weighted by Gasteiger charge is 2.52. The molecule has 7 heteroatoms. The number of halogens is 2. The van der Waals surface area contributed by atoms with Crippen molar-refractivity contribution < 1.29 is 13.7 Å². The van der Waals surface area contributed by atoms with E-state index in [0.717, 1.165) is 11.7 Å². The van der Waals surface area contributed by atoms with E-state index in [1.54, 1.807) is 6.08 Å². The molecule has 0 bridgehead atoms. The Morgan fingerprint density at radius 1 is 1.36 bits per heavy atom. The molecule has 120 valence electrons. The zero-order valence-corrected chi connectivity index (χ0v) is 14.3. The first kappa shape index (κ1) is 17.4. The lowest BCUT2D eigenvalue weighted by Crippen LogP contribution is -2.41. The number of aromatic nitrogens is 1. The van der Waals surface area contributed by atoms with Crippen LogP contribution >= 0.6 is 11.6 Å². The number of rotatable bonds is 4. The first-order valence-corrected chi connectivity index (χ1v) is 7.56. The molecule has 0 saturated carbocycles. The molecule has 0 unspecified atom stereocenters. The molecule has 1 aromatic heterocycles. The molecule has 22 heavy (non-hydrogen) atoms. The lowest BCUT2D eigenvalue weighted by Gasteiger charge is -2.32. The van der Waals surface area contributed by atoms with Gasteiger partial charge >= 0.3 is 7.12 Å². The van der Waals surface area contributed by atoms with Gasteiger partial charge in [0.1, 0.15) is 11.0 Å². The van der Waals surface area contributed by atoms with Crippen LogP contribution in [-0.2, 0) is 9.31 Å². The standard InChI is InChI=1S/C15H21BClFN2O2/c1-14(2)15(3,4)22-16(21-14)11(8-19-5)6-10-7-13(17)20-9-12(10)18/h6-7,9,19H,8H2,1-5H3. The Kier molecular flexibility index (Phi) is 4.97. The van der Waals surface area contributed by atoms with Crippen LogP contribution in [-0.4, -0.2) is 36.9 Å². The van der Waals surface area contributed by atoms with Gasteiger partial charge in [-0.05, 0) is 46.3 Å². The summed E-state index contributed by atoms with van der Waals surface area (Å²) < 4.78 is 25.9. The zero-order chi connectivity index (χ0) is 16.5. The highest BCUT2D eigenvalue weighted by molar-refractivity contribution is 6.56. The highest BCUT2D eigenvalue weighted by atomic mass is 35.5. The van der Waals surface area contributed by atoms with Gasteiger partial charge in [-0.1, -0.05) is 17.7 Å². The number of nitrogens with one attached hydrogen (secondary N) is 1. The van der Waals surface area contributed by atoms with Crippen LogP contribution in [0.15, 0.2) is 17.7 Å². The minimum absolute atomic E-state index is 0.241. The summed E-state index contributed by atoms with van der Waals surface area (Å²) in [6.45, 7) is 8.43. The lowest BCUT2D eigenvalue weighted by molar-refractivity contribution is 0.00578. The summed E-state index contributed by atoms with van der Waals surface area (Å²) in [7, 11) is 1.28. The summed E-state index contributed by atoms with van der Waals surface area (Å²) in [6, 6.07) is 1.48. The van der Waals surface area contributed by atoms with Gasteiger partial charge < -0.3 is 14.6 Å². The predicted molar refractivity (Wildman–Crippen MR) is 87.2 cm³/mol. The van der Waals surface area contributed by atoms with Gasteiger partial charge in [0, 0.05) is 12.1 Å². The van der Waals surface area contributed by atoms with Crippen molar-refractivity contribution in [2.24, 2.45) is 0 Å². The van der Waals surface area contributed by atoms with Crippen LogP contribution in [0.3, 0.4) is 0 Å². The maximum atomic E-state index is 13.9. The molecule has 0 aromatic carbocycles. The molecule has 4 nitrogen and oxygen atoms in total. The van der Waals surface area contributed by atoms with Gasteiger partial charge in [0.2, 0.25) is 0 Å². The quantitative estimate of drug-likeness (QED) is 0.682. The number of likely N-dealkylation sites (N-methyl/N-ethyl adjacent to an activating group) is 1. The van der Waals surface area contributed by atoms with E-state index in [-0.39, 0.29) is 5.15 Å². The van der Waals surface area contributed by atoms with E-state index in [0.29, 0.717) is 12.1 Å². The highest BCUT2D eigenvalue weighted by Crippen LogP contribution is 2.38. The van der Waals surface area contributed by atoms with Gasteiger partial charge in [-0.3, -0.25) is 0 Å². The van der Waals surface area contributed by atoms with Crippen LogP contribution in [0.2, 0.25) is 5.15 Å². The third-order valence-electron chi connectivity index (χ3n) is 4.13. The molecular formula is C15H21BClFN2O2. The summed E-state index contributed by atoms with van der Waals surface area (Å²) in [5.41, 5.74) is 0.264. The molecule has 1 saturated heterocycles. The van der Waals surface area contributed by atoms with Crippen LogP contribution < -0.4 is 5.32 Å². The van der Waals surface area contributed by atoms with Crippen molar-refractivity contribution in [2.45, 2.75) is 38.9 Å². The van der Waals surface area contributed by atoms with Crippen molar-refractivity contribution in [3.63, 3.8) is 0 Å². The molecule has 1 aromatic rings. The second kappa shape index (κ2) is 6.28. The first-order chi connectivity index (χ1) is 10.2.